The molecule has 4 heteroatoms. The van der Waals surface area contributed by atoms with Crippen LogP contribution in [0.25, 0.3) is 10.9 Å². The minimum atomic E-state index is 0.0604. The molecule has 0 aliphatic rings. The predicted molar refractivity (Wildman–Crippen MR) is 61.4 cm³/mol. The Hall–Kier alpha value is -1.29. The van der Waals surface area contributed by atoms with E-state index >= 15 is 0 Å². The molecule has 1 heterocycles. The first-order valence-electron chi connectivity index (χ1n) is 4.38. The van der Waals surface area contributed by atoms with Crippen LogP contribution >= 0.6 is 12.6 Å². The number of benzene rings is 1. The van der Waals surface area contributed by atoms with Gasteiger partial charge in [-0.05, 0) is 13.0 Å². The second kappa shape index (κ2) is 3.46. The quantitative estimate of drug-likeness (QED) is 0.702. The predicted octanol–water partition coefficient (Wildman–Crippen LogP) is 2.20. The lowest BCUT2D eigenvalue weighted by Crippen LogP contribution is -2.01. The van der Waals surface area contributed by atoms with Crippen molar-refractivity contribution in [2.75, 3.05) is 5.73 Å². The summed E-state index contributed by atoms with van der Waals surface area (Å²) in [5.41, 5.74) is 7.36. The monoisotopic (exact) mass is 205 g/mol. The van der Waals surface area contributed by atoms with Crippen molar-refractivity contribution in [2.24, 2.45) is 0 Å². The topological polar surface area (TPSA) is 51.8 Å². The molecule has 2 aromatic rings. The third kappa shape index (κ3) is 1.53. The summed E-state index contributed by atoms with van der Waals surface area (Å²) < 4.78 is 0. The molecule has 0 radical (unpaired) electrons. The van der Waals surface area contributed by atoms with Gasteiger partial charge in [0.25, 0.3) is 0 Å². The third-order valence-corrected chi connectivity index (χ3v) is 2.29. The molecular formula is C10H11N3S. The fourth-order valence-electron chi connectivity index (χ4n) is 1.44. The number of thiol groups is 1. The molecule has 0 bridgehead atoms. The molecule has 1 aromatic heterocycles. The summed E-state index contributed by atoms with van der Waals surface area (Å²) in [7, 11) is 0. The van der Waals surface area contributed by atoms with Gasteiger partial charge in [0, 0.05) is 10.6 Å². The summed E-state index contributed by atoms with van der Waals surface area (Å²) >= 11 is 4.36. The van der Waals surface area contributed by atoms with Gasteiger partial charge in [0.15, 0.2) is 0 Å². The molecule has 0 aliphatic carbocycles. The van der Waals surface area contributed by atoms with Crippen molar-refractivity contribution in [3.63, 3.8) is 0 Å². The van der Waals surface area contributed by atoms with Crippen LogP contribution in [0.1, 0.15) is 17.9 Å². The van der Waals surface area contributed by atoms with E-state index in [4.69, 9.17) is 5.73 Å². The largest absolute Gasteiger partial charge is 0.368 e. The van der Waals surface area contributed by atoms with Gasteiger partial charge in [0.1, 0.15) is 0 Å². The van der Waals surface area contributed by atoms with E-state index in [1.54, 1.807) is 0 Å². The van der Waals surface area contributed by atoms with Gasteiger partial charge in [-0.1, -0.05) is 18.2 Å². The van der Waals surface area contributed by atoms with Crippen molar-refractivity contribution in [2.45, 2.75) is 12.2 Å². The van der Waals surface area contributed by atoms with E-state index in [1.807, 2.05) is 31.2 Å². The Bertz CT molecular complexity index is 468. The lowest BCUT2D eigenvalue weighted by atomic mass is 10.1. The Morgan fingerprint density at radius 3 is 2.71 bits per heavy atom. The molecule has 0 fully saturated rings. The maximum absolute atomic E-state index is 5.61. The van der Waals surface area contributed by atoms with E-state index in [0.717, 1.165) is 16.6 Å². The van der Waals surface area contributed by atoms with Gasteiger partial charge in [-0.2, -0.15) is 12.6 Å². The van der Waals surface area contributed by atoms with Crippen LogP contribution in [-0.4, -0.2) is 9.97 Å². The highest BCUT2D eigenvalue weighted by molar-refractivity contribution is 7.80. The highest BCUT2D eigenvalue weighted by atomic mass is 32.1. The molecule has 0 spiro atoms. The summed E-state index contributed by atoms with van der Waals surface area (Å²) in [6.07, 6.45) is 0. The first-order chi connectivity index (χ1) is 6.68. The van der Waals surface area contributed by atoms with Crippen molar-refractivity contribution in [3.05, 3.63) is 30.0 Å². The molecule has 72 valence electrons. The van der Waals surface area contributed by atoms with Crippen LogP contribution in [0.4, 0.5) is 5.95 Å². The lowest BCUT2D eigenvalue weighted by Gasteiger charge is -2.08. The fraction of sp³-hybridized carbons (Fsp3) is 0.200. The number of nitrogens with two attached hydrogens (primary N) is 1. The Kier molecular flexibility index (Phi) is 2.29. The minimum absolute atomic E-state index is 0.0604. The van der Waals surface area contributed by atoms with Crippen LogP contribution in [0.3, 0.4) is 0 Å². The first kappa shape index (κ1) is 9.27. The second-order valence-electron chi connectivity index (χ2n) is 3.16. The number of hydrogen-bond acceptors (Lipinski definition) is 4. The standard InChI is InChI=1S/C10H11N3S/c1-6(14)9-7-4-2-3-5-8(7)12-10(11)13-9/h2-6,14H,1H3,(H2,11,12,13). The minimum Gasteiger partial charge on any atom is -0.368 e. The number of rotatable bonds is 1. The van der Waals surface area contributed by atoms with Crippen LogP contribution in [0.5, 0.6) is 0 Å². The Balaban J connectivity index is 2.80. The van der Waals surface area contributed by atoms with Crippen molar-refractivity contribution in [1.82, 2.24) is 9.97 Å². The number of fused-ring (bicyclic) bond motifs is 1. The maximum atomic E-state index is 5.61. The number of anilines is 1. The Morgan fingerprint density at radius 2 is 2.00 bits per heavy atom. The SMILES string of the molecule is CC(S)c1nc(N)nc2ccccc12. The van der Waals surface area contributed by atoms with Crippen molar-refractivity contribution >= 4 is 29.5 Å². The average Bonchev–Trinajstić information content (AvgIpc) is 2.16. The number of nitrogens with zero attached hydrogens (tertiary/aromatic N) is 2. The molecule has 1 unspecified atom stereocenters. The first-order valence-corrected chi connectivity index (χ1v) is 4.90. The molecule has 3 nitrogen and oxygen atoms in total. The number of para-hydroxylation sites is 1. The molecular weight excluding hydrogens is 194 g/mol. The fourth-order valence-corrected chi connectivity index (χ4v) is 1.64. The van der Waals surface area contributed by atoms with Crippen LogP contribution in [0.15, 0.2) is 24.3 Å². The van der Waals surface area contributed by atoms with Crippen molar-refractivity contribution in [1.29, 1.82) is 0 Å². The molecule has 14 heavy (non-hydrogen) atoms. The van der Waals surface area contributed by atoms with E-state index in [-0.39, 0.29) is 5.25 Å². The zero-order chi connectivity index (χ0) is 10.1. The molecule has 0 saturated heterocycles. The van der Waals surface area contributed by atoms with E-state index in [1.165, 1.54) is 0 Å². The summed E-state index contributed by atoms with van der Waals surface area (Å²) in [5, 5.41) is 1.08. The van der Waals surface area contributed by atoms with Gasteiger partial charge in [0.2, 0.25) is 5.95 Å². The summed E-state index contributed by atoms with van der Waals surface area (Å²) in [5.74, 6) is 0.305. The zero-order valence-corrected chi connectivity index (χ0v) is 8.70. The third-order valence-electron chi connectivity index (χ3n) is 2.05. The van der Waals surface area contributed by atoms with Crippen LogP contribution in [0.2, 0.25) is 0 Å². The highest BCUT2D eigenvalue weighted by Crippen LogP contribution is 2.25. The van der Waals surface area contributed by atoms with Gasteiger partial charge >= 0.3 is 0 Å². The summed E-state index contributed by atoms with van der Waals surface area (Å²) in [4.78, 5) is 8.34. The summed E-state index contributed by atoms with van der Waals surface area (Å²) in [6, 6.07) is 7.80. The van der Waals surface area contributed by atoms with E-state index < -0.39 is 0 Å². The van der Waals surface area contributed by atoms with Crippen LogP contribution < -0.4 is 5.73 Å². The van der Waals surface area contributed by atoms with E-state index in [0.29, 0.717) is 5.95 Å². The van der Waals surface area contributed by atoms with E-state index in [2.05, 4.69) is 22.6 Å². The normalized spacial score (nSPS) is 13.0. The molecule has 0 aliphatic heterocycles. The Labute approximate surface area is 87.8 Å². The van der Waals surface area contributed by atoms with Gasteiger partial charge < -0.3 is 5.73 Å². The van der Waals surface area contributed by atoms with Gasteiger partial charge in [-0.25, -0.2) is 9.97 Å². The van der Waals surface area contributed by atoms with Gasteiger partial charge in [-0.3, -0.25) is 0 Å². The zero-order valence-electron chi connectivity index (χ0n) is 7.81. The van der Waals surface area contributed by atoms with Crippen LogP contribution in [-0.2, 0) is 0 Å². The van der Waals surface area contributed by atoms with E-state index in [9.17, 15) is 0 Å². The van der Waals surface area contributed by atoms with Crippen LogP contribution in [0, 0.1) is 0 Å². The second-order valence-corrected chi connectivity index (χ2v) is 3.93. The lowest BCUT2D eigenvalue weighted by molar-refractivity contribution is 1.02. The summed E-state index contributed by atoms with van der Waals surface area (Å²) in [6.45, 7) is 1.97. The molecule has 0 amide bonds. The van der Waals surface area contributed by atoms with Crippen molar-refractivity contribution < 1.29 is 0 Å². The number of nitrogen functional groups attached to an aromatic ring is 1. The van der Waals surface area contributed by atoms with Gasteiger partial charge in [0.05, 0.1) is 11.2 Å². The molecule has 1 atom stereocenters. The molecule has 2 rings (SSSR count). The maximum Gasteiger partial charge on any atom is 0.220 e. The smallest absolute Gasteiger partial charge is 0.220 e. The van der Waals surface area contributed by atoms with Crippen molar-refractivity contribution in [3.8, 4) is 0 Å². The highest BCUT2D eigenvalue weighted by Gasteiger charge is 2.08. The number of aromatic nitrogens is 2. The van der Waals surface area contributed by atoms with Gasteiger partial charge in [-0.15, -0.1) is 0 Å². The number of hydrogen-bond donors (Lipinski definition) is 2. The molecule has 1 aromatic carbocycles. The Morgan fingerprint density at radius 1 is 1.29 bits per heavy atom. The average molecular weight is 205 g/mol. The molecule has 0 saturated carbocycles. The molecule has 2 N–H and O–H groups in total.